The summed E-state index contributed by atoms with van der Waals surface area (Å²) >= 11 is 1.25. The molecule has 8 heteroatoms. The van der Waals surface area contributed by atoms with Gasteiger partial charge in [-0.2, -0.15) is 0 Å². The Morgan fingerprint density at radius 2 is 1.72 bits per heavy atom. The number of fused-ring (bicyclic) bond motifs is 1. The number of anilines is 1. The van der Waals surface area contributed by atoms with Crippen LogP contribution in [0.2, 0.25) is 0 Å². The largest absolute Gasteiger partial charge is 0.496 e. The monoisotopic (exact) mass is 449 g/mol. The zero-order chi connectivity index (χ0) is 22.8. The van der Waals surface area contributed by atoms with Gasteiger partial charge in [-0.3, -0.25) is 18.7 Å². The van der Waals surface area contributed by atoms with E-state index in [4.69, 9.17) is 4.74 Å². The van der Waals surface area contributed by atoms with Crippen LogP contribution >= 0.6 is 11.3 Å². The molecule has 0 aliphatic heterocycles. The third-order valence-corrected chi connectivity index (χ3v) is 6.30. The highest BCUT2D eigenvalue weighted by atomic mass is 32.1. The second kappa shape index (κ2) is 8.84. The van der Waals surface area contributed by atoms with Gasteiger partial charge in [0.1, 0.15) is 17.0 Å². The highest BCUT2D eigenvalue weighted by Crippen LogP contribution is 2.21. The van der Waals surface area contributed by atoms with E-state index in [1.54, 1.807) is 30.7 Å². The quantitative estimate of drug-likeness (QED) is 0.488. The number of methoxy groups -OCH3 is 1. The van der Waals surface area contributed by atoms with Crippen molar-refractivity contribution in [2.45, 2.75) is 26.9 Å². The summed E-state index contributed by atoms with van der Waals surface area (Å²) in [6.07, 6.45) is 0. The molecular weight excluding hydrogens is 426 g/mol. The third-order valence-electron chi connectivity index (χ3n) is 5.40. The molecule has 32 heavy (non-hydrogen) atoms. The minimum atomic E-state index is -0.538. The predicted octanol–water partition coefficient (Wildman–Crippen LogP) is 3.54. The fourth-order valence-corrected chi connectivity index (χ4v) is 4.61. The lowest BCUT2D eigenvalue weighted by molar-refractivity contribution is -0.116. The number of hydrogen-bond acceptors (Lipinski definition) is 5. The number of thiophene rings is 1. The Labute approximate surface area is 188 Å². The van der Waals surface area contributed by atoms with E-state index in [9.17, 15) is 14.4 Å². The van der Waals surface area contributed by atoms with Crippen LogP contribution in [0.25, 0.3) is 10.2 Å². The maximum Gasteiger partial charge on any atom is 0.332 e. The molecule has 2 aromatic heterocycles. The van der Waals surface area contributed by atoms with Gasteiger partial charge in [0.2, 0.25) is 5.91 Å². The molecule has 1 amide bonds. The first-order valence-corrected chi connectivity index (χ1v) is 11.0. The lowest BCUT2D eigenvalue weighted by atomic mass is 10.1. The van der Waals surface area contributed by atoms with Crippen molar-refractivity contribution in [3.63, 3.8) is 0 Å². The zero-order valence-electron chi connectivity index (χ0n) is 18.0. The molecule has 0 atom stereocenters. The highest BCUT2D eigenvalue weighted by molar-refractivity contribution is 7.17. The Hall–Kier alpha value is -3.65. The van der Waals surface area contributed by atoms with Crippen LogP contribution in [0, 0.1) is 13.8 Å². The number of nitrogens with zero attached hydrogens (tertiary/aromatic N) is 2. The van der Waals surface area contributed by atoms with Crippen LogP contribution in [0.5, 0.6) is 5.75 Å². The fraction of sp³-hybridized carbons (Fsp3) is 0.208. The maximum atomic E-state index is 13.3. The van der Waals surface area contributed by atoms with Crippen LogP contribution in [0.15, 0.2) is 63.5 Å². The second-order valence-corrected chi connectivity index (χ2v) is 8.44. The van der Waals surface area contributed by atoms with E-state index in [2.05, 4.69) is 5.32 Å². The van der Waals surface area contributed by atoms with Crippen molar-refractivity contribution in [1.82, 2.24) is 9.13 Å². The van der Waals surface area contributed by atoms with Gasteiger partial charge in [0.05, 0.1) is 19.2 Å². The molecular formula is C24H23N3O4S. The molecule has 1 N–H and O–H groups in total. The molecule has 0 aliphatic carbocycles. The molecule has 164 valence electrons. The predicted molar refractivity (Wildman–Crippen MR) is 127 cm³/mol. The van der Waals surface area contributed by atoms with E-state index < -0.39 is 5.69 Å². The summed E-state index contributed by atoms with van der Waals surface area (Å²) in [6.45, 7) is 3.68. The van der Waals surface area contributed by atoms with Gasteiger partial charge >= 0.3 is 5.69 Å². The molecule has 7 nitrogen and oxygen atoms in total. The summed E-state index contributed by atoms with van der Waals surface area (Å²) < 4.78 is 8.31. The van der Waals surface area contributed by atoms with Crippen molar-refractivity contribution < 1.29 is 9.53 Å². The number of aromatic nitrogens is 2. The topological polar surface area (TPSA) is 82.3 Å². The number of para-hydroxylation sites is 2. The van der Waals surface area contributed by atoms with Gasteiger partial charge in [0.15, 0.2) is 0 Å². The van der Waals surface area contributed by atoms with Crippen molar-refractivity contribution in [2.75, 3.05) is 12.4 Å². The maximum absolute atomic E-state index is 13.3. The number of aryl methyl sites for hydroxylation is 2. The van der Waals surface area contributed by atoms with Gasteiger partial charge in [-0.25, -0.2) is 4.79 Å². The van der Waals surface area contributed by atoms with Crippen LogP contribution in [0.4, 0.5) is 5.69 Å². The Bertz CT molecular complexity index is 1410. The molecule has 0 aliphatic rings. The minimum absolute atomic E-state index is 0.0496. The number of benzene rings is 2. The molecule has 0 bridgehead atoms. The second-order valence-electron chi connectivity index (χ2n) is 7.52. The lowest BCUT2D eigenvalue weighted by Gasteiger charge is -2.15. The van der Waals surface area contributed by atoms with Gasteiger partial charge in [0.25, 0.3) is 5.56 Å². The summed E-state index contributed by atoms with van der Waals surface area (Å²) in [5.74, 6) is 0.254. The summed E-state index contributed by atoms with van der Waals surface area (Å²) in [5.41, 5.74) is 2.85. The van der Waals surface area contributed by atoms with E-state index in [1.165, 1.54) is 15.9 Å². The van der Waals surface area contributed by atoms with E-state index in [-0.39, 0.29) is 24.6 Å². The standard InChI is InChI=1S/C24H23N3O4S/c1-15-7-6-8-16(2)21(15)25-20(28)14-26-18-11-12-32-22(18)23(29)27(24(26)30)13-17-9-4-5-10-19(17)31-3/h4-12H,13-14H2,1-3H3,(H,25,28). The summed E-state index contributed by atoms with van der Waals surface area (Å²) in [5, 5.41) is 4.66. The van der Waals surface area contributed by atoms with Crippen molar-refractivity contribution in [2.24, 2.45) is 0 Å². The SMILES string of the molecule is COc1ccccc1Cn1c(=O)c2sccc2n(CC(=O)Nc2c(C)cccc2C)c1=O. The Balaban J connectivity index is 1.75. The first-order valence-electron chi connectivity index (χ1n) is 10.1. The smallest absolute Gasteiger partial charge is 0.332 e. The number of carbonyl (C=O) groups is 1. The van der Waals surface area contributed by atoms with E-state index in [0.717, 1.165) is 21.4 Å². The molecule has 0 saturated heterocycles. The van der Waals surface area contributed by atoms with Gasteiger partial charge in [0, 0.05) is 11.3 Å². The number of rotatable bonds is 6. The average Bonchev–Trinajstić information content (AvgIpc) is 3.27. The summed E-state index contributed by atoms with van der Waals surface area (Å²) in [6, 6.07) is 14.7. The molecule has 4 rings (SSSR count). The zero-order valence-corrected chi connectivity index (χ0v) is 18.9. The number of nitrogens with one attached hydrogen (secondary N) is 1. The minimum Gasteiger partial charge on any atom is -0.496 e. The molecule has 0 fully saturated rings. The first-order chi connectivity index (χ1) is 15.4. The van der Waals surface area contributed by atoms with E-state index in [0.29, 0.717) is 21.5 Å². The van der Waals surface area contributed by atoms with Crippen LogP contribution in [-0.4, -0.2) is 22.2 Å². The molecule has 2 aromatic carbocycles. The van der Waals surface area contributed by atoms with Gasteiger partial charge < -0.3 is 10.1 Å². The van der Waals surface area contributed by atoms with Gasteiger partial charge in [-0.05, 0) is 42.5 Å². The van der Waals surface area contributed by atoms with E-state index in [1.807, 2.05) is 44.2 Å². The molecule has 0 spiro atoms. The van der Waals surface area contributed by atoms with Crippen molar-refractivity contribution in [1.29, 1.82) is 0 Å². The highest BCUT2D eigenvalue weighted by Gasteiger charge is 2.18. The van der Waals surface area contributed by atoms with Crippen molar-refractivity contribution in [3.05, 3.63) is 91.4 Å². The molecule has 2 heterocycles. The van der Waals surface area contributed by atoms with Crippen LogP contribution < -0.4 is 21.3 Å². The average molecular weight is 450 g/mol. The molecule has 0 saturated carbocycles. The molecule has 0 radical (unpaired) electrons. The van der Waals surface area contributed by atoms with Gasteiger partial charge in [-0.15, -0.1) is 11.3 Å². The number of carbonyl (C=O) groups excluding carboxylic acids is 1. The summed E-state index contributed by atoms with van der Waals surface area (Å²) in [4.78, 5) is 39.3. The van der Waals surface area contributed by atoms with Gasteiger partial charge in [-0.1, -0.05) is 36.4 Å². The summed E-state index contributed by atoms with van der Waals surface area (Å²) in [7, 11) is 1.54. The molecule has 4 aromatic rings. The number of amides is 1. The number of ether oxygens (including phenoxy) is 1. The van der Waals surface area contributed by atoms with Crippen molar-refractivity contribution in [3.8, 4) is 5.75 Å². The fourth-order valence-electron chi connectivity index (χ4n) is 3.76. The van der Waals surface area contributed by atoms with Crippen LogP contribution in [0.1, 0.15) is 16.7 Å². The van der Waals surface area contributed by atoms with Crippen molar-refractivity contribution >= 4 is 33.1 Å². The molecule has 0 unspecified atom stereocenters. The first kappa shape index (κ1) is 21.6. The lowest BCUT2D eigenvalue weighted by Crippen LogP contribution is -2.41. The third kappa shape index (κ3) is 3.97. The Kier molecular flexibility index (Phi) is 5.96. The van der Waals surface area contributed by atoms with Crippen LogP contribution in [0.3, 0.4) is 0 Å². The Morgan fingerprint density at radius 3 is 2.44 bits per heavy atom. The normalized spacial score (nSPS) is 11.0. The van der Waals surface area contributed by atoms with E-state index >= 15 is 0 Å². The number of hydrogen-bond donors (Lipinski definition) is 1. The van der Waals surface area contributed by atoms with Crippen LogP contribution in [-0.2, 0) is 17.9 Å². The Morgan fingerprint density at radius 1 is 1.00 bits per heavy atom.